The number of hydrogen-bond donors (Lipinski definition) is 0. The summed E-state index contributed by atoms with van der Waals surface area (Å²) in [5.41, 5.74) is -0.348. The van der Waals surface area contributed by atoms with Gasteiger partial charge in [-0.15, -0.1) is 0 Å². The van der Waals surface area contributed by atoms with E-state index in [-0.39, 0.29) is 17.3 Å². The van der Waals surface area contributed by atoms with Crippen LogP contribution in [0.1, 0.15) is 0 Å². The van der Waals surface area contributed by atoms with Crippen LogP contribution in [0.4, 0.5) is 11.4 Å². The molecule has 1 aliphatic carbocycles. The number of likely N-dealkylation sites (N-methyl/N-ethyl adjacent to an activating group) is 1. The first kappa shape index (κ1) is 14.6. The van der Waals surface area contributed by atoms with Crippen LogP contribution in [0, 0.1) is 27.9 Å². The van der Waals surface area contributed by atoms with Crippen molar-refractivity contribution in [1.82, 2.24) is 4.90 Å². The maximum absolute atomic E-state index is 12.9. The van der Waals surface area contributed by atoms with Crippen LogP contribution < -0.4 is 4.90 Å². The molecule has 2 bridgehead atoms. The van der Waals surface area contributed by atoms with Crippen LogP contribution in [-0.2, 0) is 14.4 Å². The van der Waals surface area contributed by atoms with Crippen LogP contribution in [0.5, 0.6) is 0 Å². The van der Waals surface area contributed by atoms with Gasteiger partial charge >= 0.3 is 0 Å². The number of rotatable bonds is 2. The summed E-state index contributed by atoms with van der Waals surface area (Å²) in [6.45, 7) is 0. The molecule has 8 heteroatoms. The molecule has 3 heterocycles. The van der Waals surface area contributed by atoms with E-state index in [0.29, 0.717) is 0 Å². The monoisotopic (exact) mass is 327 g/mol. The first-order chi connectivity index (χ1) is 11.4. The van der Waals surface area contributed by atoms with Crippen molar-refractivity contribution in [2.45, 2.75) is 6.04 Å². The van der Waals surface area contributed by atoms with E-state index in [4.69, 9.17) is 0 Å². The number of amides is 3. The van der Waals surface area contributed by atoms with E-state index in [1.54, 1.807) is 19.2 Å². The number of nitro benzene ring substituents is 1. The fourth-order valence-electron chi connectivity index (χ4n) is 3.96. The zero-order valence-corrected chi connectivity index (χ0v) is 12.7. The van der Waals surface area contributed by atoms with E-state index in [1.807, 2.05) is 0 Å². The molecule has 122 valence electrons. The number of piperidine rings is 1. The van der Waals surface area contributed by atoms with Gasteiger partial charge in [-0.05, 0) is 6.07 Å². The zero-order chi connectivity index (χ0) is 17.2. The topological polar surface area (TPSA) is 101 Å². The Morgan fingerprint density at radius 1 is 1.00 bits per heavy atom. The van der Waals surface area contributed by atoms with Gasteiger partial charge in [0.2, 0.25) is 17.7 Å². The summed E-state index contributed by atoms with van der Waals surface area (Å²) in [6.07, 6.45) is 3.43. The van der Waals surface area contributed by atoms with Crippen molar-refractivity contribution in [3.63, 3.8) is 0 Å². The van der Waals surface area contributed by atoms with E-state index in [0.717, 1.165) is 4.90 Å². The Balaban J connectivity index is 1.83. The van der Waals surface area contributed by atoms with Gasteiger partial charge in [-0.2, -0.15) is 0 Å². The highest BCUT2D eigenvalue weighted by atomic mass is 16.6. The lowest BCUT2D eigenvalue weighted by Crippen LogP contribution is -2.57. The summed E-state index contributed by atoms with van der Waals surface area (Å²) in [5.74, 6) is -3.38. The molecule has 0 aromatic heterocycles. The molecule has 0 N–H and O–H groups in total. The fourth-order valence-corrected chi connectivity index (χ4v) is 3.96. The highest BCUT2D eigenvalue weighted by Crippen LogP contribution is 2.47. The summed E-state index contributed by atoms with van der Waals surface area (Å²) < 4.78 is 0. The molecule has 0 saturated carbocycles. The Morgan fingerprint density at radius 2 is 1.67 bits per heavy atom. The van der Waals surface area contributed by atoms with Crippen LogP contribution >= 0.6 is 0 Å². The molecule has 0 spiro atoms. The van der Waals surface area contributed by atoms with Crippen LogP contribution in [0.3, 0.4) is 0 Å². The van der Waals surface area contributed by atoms with Crippen molar-refractivity contribution in [3.05, 3.63) is 46.5 Å². The van der Waals surface area contributed by atoms with Crippen LogP contribution in [0.25, 0.3) is 0 Å². The number of imide groups is 1. The molecule has 1 aromatic carbocycles. The number of para-hydroxylation sites is 2. The third kappa shape index (κ3) is 1.65. The summed E-state index contributed by atoms with van der Waals surface area (Å²) in [5, 5.41) is 11.2. The average Bonchev–Trinajstić information content (AvgIpc) is 2.84. The van der Waals surface area contributed by atoms with Gasteiger partial charge in [-0.3, -0.25) is 24.5 Å². The Bertz CT molecular complexity index is 833. The zero-order valence-electron chi connectivity index (χ0n) is 12.7. The van der Waals surface area contributed by atoms with Crippen molar-refractivity contribution in [2.75, 3.05) is 11.9 Å². The van der Waals surface area contributed by atoms with E-state index in [9.17, 15) is 24.5 Å². The van der Waals surface area contributed by atoms with Crippen LogP contribution in [0.15, 0.2) is 36.4 Å². The molecule has 24 heavy (non-hydrogen) atoms. The molecule has 4 atom stereocenters. The van der Waals surface area contributed by atoms with Gasteiger partial charge in [0.15, 0.2) is 0 Å². The van der Waals surface area contributed by atoms with E-state index in [1.165, 1.54) is 29.2 Å². The molecule has 2 saturated heterocycles. The number of anilines is 1. The highest BCUT2D eigenvalue weighted by molar-refractivity contribution is 6.24. The number of nitrogens with zero attached hydrogens (tertiary/aromatic N) is 3. The summed E-state index contributed by atoms with van der Waals surface area (Å²) >= 11 is 0. The van der Waals surface area contributed by atoms with Gasteiger partial charge in [0, 0.05) is 13.1 Å². The summed E-state index contributed by atoms with van der Waals surface area (Å²) in [7, 11) is 1.60. The molecule has 5 rings (SSSR count). The maximum atomic E-state index is 12.9. The van der Waals surface area contributed by atoms with Crippen molar-refractivity contribution < 1.29 is 19.3 Å². The molecule has 4 unspecified atom stereocenters. The standard InChI is InChI=1S/C16H13N3O5/c1-17-11-7-6-8(14(17)20)12-13(11)16(22)18(15(12)21)9-4-2-3-5-10(9)19(23)24/h2-8,11-13H,1H3. The minimum absolute atomic E-state index is 0.0404. The second-order valence-corrected chi connectivity index (χ2v) is 6.16. The molecule has 1 aromatic rings. The minimum Gasteiger partial charge on any atom is -0.338 e. The highest BCUT2D eigenvalue weighted by Gasteiger charge is 2.62. The lowest BCUT2D eigenvalue weighted by Gasteiger charge is -2.44. The van der Waals surface area contributed by atoms with Gasteiger partial charge in [0.1, 0.15) is 5.69 Å². The molecule has 2 fully saturated rings. The van der Waals surface area contributed by atoms with Gasteiger partial charge < -0.3 is 4.90 Å². The molecular formula is C16H13N3O5. The predicted molar refractivity (Wildman–Crippen MR) is 81.8 cm³/mol. The lowest BCUT2D eigenvalue weighted by atomic mass is 9.70. The SMILES string of the molecule is CN1C(=O)C2C=CC1C1C(=O)N(c3ccccc3[N+](=O)[O-])C(=O)C21. The molecule has 4 aliphatic rings. The average molecular weight is 327 g/mol. The van der Waals surface area contributed by atoms with E-state index < -0.39 is 40.5 Å². The van der Waals surface area contributed by atoms with Crippen LogP contribution in [-0.4, -0.2) is 40.6 Å². The van der Waals surface area contributed by atoms with Gasteiger partial charge in [-0.1, -0.05) is 24.3 Å². The third-order valence-electron chi connectivity index (χ3n) is 5.07. The smallest absolute Gasteiger partial charge is 0.293 e. The molecule has 3 aliphatic heterocycles. The number of hydrogen-bond acceptors (Lipinski definition) is 5. The Kier molecular flexibility index (Phi) is 2.87. The predicted octanol–water partition coefficient (Wildman–Crippen LogP) is 0.727. The maximum Gasteiger partial charge on any atom is 0.293 e. The number of carbonyl (C=O) groups excluding carboxylic acids is 3. The normalized spacial score (nSPS) is 31.0. The Morgan fingerprint density at radius 3 is 2.38 bits per heavy atom. The minimum atomic E-state index is -0.781. The van der Waals surface area contributed by atoms with Gasteiger partial charge in [0.05, 0.1) is 28.7 Å². The third-order valence-corrected chi connectivity index (χ3v) is 5.07. The Labute approximate surface area is 136 Å². The molecule has 0 radical (unpaired) electrons. The second-order valence-electron chi connectivity index (χ2n) is 6.16. The van der Waals surface area contributed by atoms with Crippen molar-refractivity contribution in [3.8, 4) is 0 Å². The van der Waals surface area contributed by atoms with Gasteiger partial charge in [0.25, 0.3) is 5.69 Å². The quantitative estimate of drug-likeness (QED) is 0.345. The number of nitro groups is 1. The fraction of sp³-hybridized carbons (Fsp3) is 0.312. The number of carbonyl (C=O) groups is 3. The summed E-state index contributed by atoms with van der Waals surface area (Å²) in [4.78, 5) is 51.0. The van der Waals surface area contributed by atoms with E-state index >= 15 is 0 Å². The number of benzene rings is 1. The largest absolute Gasteiger partial charge is 0.338 e. The lowest BCUT2D eigenvalue weighted by molar-refractivity contribution is -0.384. The molecule has 3 amide bonds. The van der Waals surface area contributed by atoms with Crippen molar-refractivity contribution >= 4 is 29.1 Å². The van der Waals surface area contributed by atoms with Crippen molar-refractivity contribution in [1.29, 1.82) is 0 Å². The molecule has 8 nitrogen and oxygen atoms in total. The second kappa shape index (κ2) is 4.73. The first-order valence-corrected chi connectivity index (χ1v) is 7.49. The van der Waals surface area contributed by atoms with Gasteiger partial charge in [-0.25, -0.2) is 4.90 Å². The molecular weight excluding hydrogens is 314 g/mol. The number of fused-ring (bicyclic) bond motifs is 1. The Hall–Kier alpha value is -3.03. The van der Waals surface area contributed by atoms with E-state index in [2.05, 4.69) is 0 Å². The van der Waals surface area contributed by atoms with Crippen LogP contribution in [0.2, 0.25) is 0 Å². The first-order valence-electron chi connectivity index (χ1n) is 7.49. The van der Waals surface area contributed by atoms with Crippen molar-refractivity contribution in [2.24, 2.45) is 17.8 Å². The summed E-state index contributed by atoms with van der Waals surface area (Å²) in [6, 6.07) is 5.16.